The van der Waals surface area contributed by atoms with E-state index in [1.807, 2.05) is 0 Å². The zero-order chi connectivity index (χ0) is 16.1. The highest BCUT2D eigenvalue weighted by atomic mass is 19.4. The van der Waals surface area contributed by atoms with Crippen LogP contribution in [0.2, 0.25) is 0 Å². The molecule has 0 aliphatic heterocycles. The van der Waals surface area contributed by atoms with Gasteiger partial charge in [0.05, 0.1) is 11.5 Å². The first kappa shape index (κ1) is 15.0. The summed E-state index contributed by atoms with van der Waals surface area (Å²) < 4.78 is 37.8. The van der Waals surface area contributed by atoms with Crippen LogP contribution in [-0.2, 0) is 11.0 Å². The number of nitrogens with zero attached hydrogens (tertiary/aromatic N) is 1. The van der Waals surface area contributed by atoms with Gasteiger partial charge >= 0.3 is 6.18 Å². The van der Waals surface area contributed by atoms with Crippen LogP contribution in [0.15, 0.2) is 24.3 Å². The van der Waals surface area contributed by atoms with Gasteiger partial charge in [0, 0.05) is 23.2 Å². The number of carbonyl (C=O) groups excluding carboxylic acids is 1. The Morgan fingerprint density at radius 2 is 1.77 bits per heavy atom. The van der Waals surface area contributed by atoms with E-state index >= 15 is 0 Å². The summed E-state index contributed by atoms with van der Waals surface area (Å²) in [7, 11) is 0. The Balaban J connectivity index is 1.97. The molecule has 0 amide bonds. The van der Waals surface area contributed by atoms with Crippen molar-refractivity contribution in [2.24, 2.45) is 11.8 Å². The first-order valence-electron chi connectivity index (χ1n) is 7.12. The Morgan fingerprint density at radius 3 is 2.27 bits per heavy atom. The van der Waals surface area contributed by atoms with Crippen molar-refractivity contribution in [2.45, 2.75) is 37.4 Å². The van der Waals surface area contributed by atoms with E-state index in [2.05, 4.69) is 0 Å². The molecule has 3 aliphatic carbocycles. The highest BCUT2D eigenvalue weighted by molar-refractivity contribution is 5.84. The quantitative estimate of drug-likeness (QED) is 0.621. The van der Waals surface area contributed by atoms with E-state index in [0.29, 0.717) is 18.4 Å². The van der Waals surface area contributed by atoms with E-state index in [1.54, 1.807) is 0 Å². The normalized spacial score (nSPS) is 31.3. The van der Waals surface area contributed by atoms with Crippen molar-refractivity contribution in [1.29, 1.82) is 0 Å². The van der Waals surface area contributed by atoms with Crippen molar-refractivity contribution in [1.82, 2.24) is 0 Å². The lowest BCUT2D eigenvalue weighted by Crippen LogP contribution is -2.50. The predicted octanol–water partition coefficient (Wildman–Crippen LogP) is 3.43. The minimum atomic E-state index is -4.44. The van der Waals surface area contributed by atoms with E-state index in [4.69, 9.17) is 0 Å². The maximum atomic E-state index is 12.6. The molecule has 2 bridgehead atoms. The van der Waals surface area contributed by atoms with Gasteiger partial charge in [0.1, 0.15) is 5.78 Å². The third-order valence-corrected chi connectivity index (χ3v) is 4.88. The number of hydrogen-bond acceptors (Lipinski definition) is 3. The van der Waals surface area contributed by atoms with E-state index in [0.717, 1.165) is 12.1 Å². The Kier molecular flexibility index (Phi) is 3.45. The van der Waals surface area contributed by atoms with Crippen LogP contribution < -0.4 is 0 Å². The second-order valence-electron chi connectivity index (χ2n) is 6.04. The number of carbonyl (C=O) groups is 1. The zero-order valence-corrected chi connectivity index (χ0v) is 11.5. The Labute approximate surface area is 124 Å². The molecular weight excluding hydrogens is 299 g/mol. The molecule has 0 heterocycles. The minimum absolute atomic E-state index is 0.000696. The average Bonchev–Trinajstić information content (AvgIpc) is 2.45. The molecule has 22 heavy (non-hydrogen) atoms. The molecule has 0 saturated heterocycles. The van der Waals surface area contributed by atoms with Crippen LogP contribution >= 0.6 is 0 Å². The molecule has 118 valence electrons. The molecule has 1 aromatic rings. The van der Waals surface area contributed by atoms with Crippen LogP contribution in [0.3, 0.4) is 0 Å². The summed E-state index contributed by atoms with van der Waals surface area (Å²) in [6.07, 6.45) is -3.01. The number of benzene rings is 1. The fourth-order valence-electron chi connectivity index (χ4n) is 3.90. The lowest BCUT2D eigenvalue weighted by molar-refractivity contribution is -0.542. The molecule has 0 aromatic heterocycles. The van der Waals surface area contributed by atoms with Gasteiger partial charge in [-0.1, -0.05) is 12.1 Å². The molecule has 0 N–H and O–H groups in total. The van der Waals surface area contributed by atoms with Crippen molar-refractivity contribution in [3.8, 4) is 0 Å². The zero-order valence-electron chi connectivity index (χ0n) is 11.5. The third-order valence-electron chi connectivity index (χ3n) is 4.88. The summed E-state index contributed by atoms with van der Waals surface area (Å²) >= 11 is 0. The molecule has 4 rings (SSSR count). The molecule has 4 atom stereocenters. The summed E-state index contributed by atoms with van der Waals surface area (Å²) in [5.41, 5.74) is -0.335. The van der Waals surface area contributed by atoms with E-state index in [-0.39, 0.29) is 23.0 Å². The van der Waals surface area contributed by atoms with Crippen LogP contribution in [0.25, 0.3) is 0 Å². The van der Waals surface area contributed by atoms with E-state index < -0.39 is 29.6 Å². The molecule has 0 radical (unpaired) electrons. The van der Waals surface area contributed by atoms with Gasteiger partial charge in [-0.15, -0.1) is 0 Å². The number of nitro groups is 1. The lowest BCUT2D eigenvalue weighted by Gasteiger charge is -2.42. The van der Waals surface area contributed by atoms with Crippen molar-refractivity contribution in [2.75, 3.05) is 0 Å². The maximum absolute atomic E-state index is 12.6. The summed E-state index contributed by atoms with van der Waals surface area (Å²) in [5, 5.41) is 11.4. The van der Waals surface area contributed by atoms with Crippen LogP contribution in [0.5, 0.6) is 0 Å². The highest BCUT2D eigenvalue weighted by Gasteiger charge is 2.54. The summed E-state index contributed by atoms with van der Waals surface area (Å²) in [6, 6.07) is 3.53. The SMILES string of the molecule is O=C1C[C@@H]2CC[C@H]1[C@H](c1ccc(C(F)(F)F)cc1)[C@H]2[N+](=O)[O-]. The standard InChI is InChI=1S/C15H14F3NO3/c16-15(17,18)10-4-1-8(2-5-10)13-11-6-3-9(7-12(11)20)14(13)19(21)22/h1-2,4-5,9,11,13-14H,3,6-7H2/t9-,11+,13-,14-/m0/s1. The Morgan fingerprint density at radius 1 is 1.14 bits per heavy atom. The predicted molar refractivity (Wildman–Crippen MR) is 70.8 cm³/mol. The topological polar surface area (TPSA) is 60.2 Å². The molecule has 0 spiro atoms. The second-order valence-corrected chi connectivity index (χ2v) is 6.04. The van der Waals surface area contributed by atoms with Gasteiger partial charge in [0.25, 0.3) is 0 Å². The number of Topliss-reactive ketones (excluding diaryl/α,β-unsaturated/α-hetero) is 1. The van der Waals surface area contributed by atoms with Crippen molar-refractivity contribution in [3.05, 3.63) is 45.5 Å². The lowest BCUT2D eigenvalue weighted by atomic mass is 9.59. The number of fused-ring (bicyclic) bond motifs is 3. The molecule has 7 heteroatoms. The van der Waals surface area contributed by atoms with Crippen molar-refractivity contribution < 1.29 is 22.9 Å². The largest absolute Gasteiger partial charge is 0.416 e. The maximum Gasteiger partial charge on any atom is 0.416 e. The average molecular weight is 313 g/mol. The van der Waals surface area contributed by atoms with Gasteiger partial charge in [-0.2, -0.15) is 13.2 Å². The first-order chi connectivity index (χ1) is 10.3. The molecule has 1 aromatic carbocycles. The van der Waals surface area contributed by atoms with E-state index in [1.165, 1.54) is 12.1 Å². The van der Waals surface area contributed by atoms with Crippen molar-refractivity contribution in [3.63, 3.8) is 0 Å². The number of hydrogen-bond donors (Lipinski definition) is 0. The monoisotopic (exact) mass is 313 g/mol. The van der Waals surface area contributed by atoms with Gasteiger partial charge in [-0.25, -0.2) is 0 Å². The second kappa shape index (κ2) is 5.07. The Hall–Kier alpha value is -1.92. The summed E-state index contributed by atoms with van der Waals surface area (Å²) in [5.74, 6) is -1.37. The molecule has 0 unspecified atom stereocenters. The molecule has 3 saturated carbocycles. The summed E-state index contributed by atoms with van der Waals surface area (Å²) in [4.78, 5) is 23.0. The minimum Gasteiger partial charge on any atom is -0.299 e. The van der Waals surface area contributed by atoms with Gasteiger partial charge < -0.3 is 0 Å². The van der Waals surface area contributed by atoms with Gasteiger partial charge in [-0.3, -0.25) is 14.9 Å². The molecule has 3 fully saturated rings. The molecular formula is C15H14F3NO3. The highest BCUT2D eigenvalue weighted by Crippen LogP contribution is 2.49. The fourth-order valence-corrected chi connectivity index (χ4v) is 3.90. The summed E-state index contributed by atoms with van der Waals surface area (Å²) in [6.45, 7) is 0. The fraction of sp³-hybridized carbons (Fsp3) is 0.533. The van der Waals surface area contributed by atoms with E-state index in [9.17, 15) is 28.1 Å². The van der Waals surface area contributed by atoms with Crippen LogP contribution in [0.1, 0.15) is 36.3 Å². The van der Waals surface area contributed by atoms with Gasteiger partial charge in [0.15, 0.2) is 0 Å². The van der Waals surface area contributed by atoms with Crippen LogP contribution in [0, 0.1) is 22.0 Å². The number of rotatable bonds is 2. The molecule has 4 nitrogen and oxygen atoms in total. The Bertz CT molecular complexity index is 611. The molecule has 3 aliphatic rings. The van der Waals surface area contributed by atoms with Gasteiger partial charge in [0.2, 0.25) is 6.04 Å². The number of alkyl halides is 3. The number of halogens is 3. The van der Waals surface area contributed by atoms with Gasteiger partial charge in [-0.05, 0) is 30.5 Å². The van der Waals surface area contributed by atoms with Crippen LogP contribution in [-0.4, -0.2) is 16.7 Å². The first-order valence-corrected chi connectivity index (χ1v) is 7.12. The van der Waals surface area contributed by atoms with Crippen molar-refractivity contribution >= 4 is 5.78 Å². The third kappa shape index (κ3) is 2.38. The number of ketones is 1. The smallest absolute Gasteiger partial charge is 0.299 e. The van der Waals surface area contributed by atoms with Crippen LogP contribution in [0.4, 0.5) is 13.2 Å².